The Labute approximate surface area is 124 Å². The SMILES string of the molecule is CCCNc1snnc1CN1c2ccccc2CC1C. The van der Waals surface area contributed by atoms with Crippen LogP contribution in [0.5, 0.6) is 0 Å². The minimum Gasteiger partial charge on any atom is -0.374 e. The van der Waals surface area contributed by atoms with E-state index in [-0.39, 0.29) is 0 Å². The normalized spacial score (nSPS) is 17.3. The van der Waals surface area contributed by atoms with Crippen molar-refractivity contribution in [2.24, 2.45) is 0 Å². The van der Waals surface area contributed by atoms with Gasteiger partial charge >= 0.3 is 0 Å². The van der Waals surface area contributed by atoms with Crippen LogP contribution in [0.3, 0.4) is 0 Å². The van der Waals surface area contributed by atoms with Gasteiger partial charge in [-0.1, -0.05) is 29.6 Å². The van der Waals surface area contributed by atoms with Crippen molar-refractivity contribution in [2.45, 2.75) is 39.3 Å². The van der Waals surface area contributed by atoms with Gasteiger partial charge in [0.25, 0.3) is 0 Å². The van der Waals surface area contributed by atoms with E-state index in [9.17, 15) is 0 Å². The maximum absolute atomic E-state index is 4.30. The number of aromatic nitrogens is 2. The number of hydrogen-bond acceptors (Lipinski definition) is 5. The maximum Gasteiger partial charge on any atom is 0.135 e. The Morgan fingerprint density at radius 1 is 1.40 bits per heavy atom. The second-order valence-corrected chi connectivity index (χ2v) is 6.04. The predicted octanol–water partition coefficient (Wildman–Crippen LogP) is 3.31. The zero-order chi connectivity index (χ0) is 13.9. The molecule has 0 fully saturated rings. The highest BCUT2D eigenvalue weighted by molar-refractivity contribution is 7.10. The van der Waals surface area contributed by atoms with Crippen molar-refractivity contribution in [3.05, 3.63) is 35.5 Å². The lowest BCUT2D eigenvalue weighted by Crippen LogP contribution is -2.29. The molecular weight excluding hydrogens is 268 g/mol. The van der Waals surface area contributed by atoms with E-state index < -0.39 is 0 Å². The second-order valence-electron chi connectivity index (χ2n) is 5.29. The van der Waals surface area contributed by atoms with E-state index in [1.54, 1.807) is 0 Å². The fourth-order valence-electron chi connectivity index (χ4n) is 2.72. The maximum atomic E-state index is 4.30. The van der Waals surface area contributed by atoms with Crippen molar-refractivity contribution in [1.82, 2.24) is 9.59 Å². The molecule has 0 aliphatic carbocycles. The van der Waals surface area contributed by atoms with Gasteiger partial charge in [-0.2, -0.15) is 0 Å². The molecule has 1 aromatic heterocycles. The summed E-state index contributed by atoms with van der Waals surface area (Å²) in [4.78, 5) is 2.43. The van der Waals surface area contributed by atoms with Crippen LogP contribution in [0.2, 0.25) is 0 Å². The van der Waals surface area contributed by atoms with Crippen molar-refractivity contribution >= 4 is 22.2 Å². The first-order chi connectivity index (χ1) is 9.79. The Bertz CT molecular complexity index is 581. The van der Waals surface area contributed by atoms with E-state index in [4.69, 9.17) is 0 Å². The summed E-state index contributed by atoms with van der Waals surface area (Å²) in [5.74, 6) is 0. The van der Waals surface area contributed by atoms with Crippen molar-refractivity contribution in [3.63, 3.8) is 0 Å². The minimum absolute atomic E-state index is 0.521. The summed E-state index contributed by atoms with van der Waals surface area (Å²) >= 11 is 1.46. The van der Waals surface area contributed by atoms with Gasteiger partial charge in [0, 0.05) is 29.8 Å². The van der Waals surface area contributed by atoms with E-state index in [1.165, 1.54) is 22.8 Å². The smallest absolute Gasteiger partial charge is 0.135 e. The highest BCUT2D eigenvalue weighted by Crippen LogP contribution is 2.34. The third-order valence-electron chi connectivity index (χ3n) is 3.76. The molecule has 0 saturated heterocycles. The fraction of sp³-hybridized carbons (Fsp3) is 0.467. The lowest BCUT2D eigenvalue weighted by atomic mass is 10.1. The molecule has 0 spiro atoms. The summed E-state index contributed by atoms with van der Waals surface area (Å²) in [7, 11) is 0. The van der Waals surface area contributed by atoms with Gasteiger partial charge in [0.05, 0.1) is 6.54 Å². The largest absolute Gasteiger partial charge is 0.374 e. The monoisotopic (exact) mass is 288 g/mol. The molecule has 20 heavy (non-hydrogen) atoms. The lowest BCUT2D eigenvalue weighted by molar-refractivity contribution is 0.664. The van der Waals surface area contributed by atoms with Gasteiger partial charge < -0.3 is 10.2 Å². The first-order valence-electron chi connectivity index (χ1n) is 7.19. The van der Waals surface area contributed by atoms with Crippen LogP contribution in [0.25, 0.3) is 0 Å². The van der Waals surface area contributed by atoms with Crippen LogP contribution in [-0.2, 0) is 13.0 Å². The molecule has 1 unspecified atom stereocenters. The quantitative estimate of drug-likeness (QED) is 0.916. The number of rotatable bonds is 5. The zero-order valence-electron chi connectivity index (χ0n) is 12.0. The van der Waals surface area contributed by atoms with Crippen molar-refractivity contribution in [3.8, 4) is 0 Å². The standard InChI is InChI=1S/C15H20N4S/c1-3-8-16-15-13(17-18-20-15)10-19-11(2)9-12-6-4-5-7-14(12)19/h4-7,11,16H,3,8-10H2,1-2H3. The van der Waals surface area contributed by atoms with Crippen molar-refractivity contribution in [1.29, 1.82) is 0 Å². The fourth-order valence-corrected chi connectivity index (χ4v) is 3.32. The predicted molar refractivity (Wildman–Crippen MR) is 84.5 cm³/mol. The molecular formula is C15H20N4S. The number of nitrogens with zero attached hydrogens (tertiary/aromatic N) is 3. The average Bonchev–Trinajstić information content (AvgIpc) is 3.02. The van der Waals surface area contributed by atoms with Gasteiger partial charge in [0.15, 0.2) is 0 Å². The Hall–Kier alpha value is -1.62. The zero-order valence-corrected chi connectivity index (χ0v) is 12.8. The molecule has 0 bridgehead atoms. The topological polar surface area (TPSA) is 41.1 Å². The van der Waals surface area contributed by atoms with E-state index in [1.807, 2.05) is 0 Å². The summed E-state index contributed by atoms with van der Waals surface area (Å²) < 4.78 is 4.10. The molecule has 3 rings (SSSR count). The molecule has 2 heterocycles. The molecule has 0 radical (unpaired) electrons. The molecule has 2 aromatic rings. The molecule has 5 heteroatoms. The first-order valence-corrected chi connectivity index (χ1v) is 7.96. The molecule has 106 valence electrons. The average molecular weight is 288 g/mol. The number of anilines is 2. The molecule has 1 aromatic carbocycles. The molecule has 0 amide bonds. The van der Waals surface area contributed by atoms with Gasteiger partial charge in [-0.3, -0.25) is 0 Å². The first kappa shape index (κ1) is 13.4. The molecule has 1 N–H and O–H groups in total. The summed E-state index contributed by atoms with van der Waals surface area (Å²) in [6.45, 7) is 6.25. The van der Waals surface area contributed by atoms with Crippen LogP contribution in [0.1, 0.15) is 31.5 Å². The number of nitrogens with one attached hydrogen (secondary N) is 1. The third-order valence-corrected chi connectivity index (χ3v) is 4.49. The summed E-state index contributed by atoms with van der Waals surface area (Å²) in [6, 6.07) is 9.18. The second kappa shape index (κ2) is 5.79. The molecule has 4 nitrogen and oxygen atoms in total. The molecule has 1 aliphatic heterocycles. The van der Waals surface area contributed by atoms with Crippen LogP contribution in [0, 0.1) is 0 Å². The molecule has 1 atom stereocenters. The number of hydrogen-bond donors (Lipinski definition) is 1. The van der Waals surface area contributed by atoms with Gasteiger partial charge in [-0.05, 0) is 31.4 Å². The highest BCUT2D eigenvalue weighted by atomic mass is 32.1. The summed E-state index contributed by atoms with van der Waals surface area (Å²) in [5.41, 5.74) is 3.84. The Morgan fingerprint density at radius 2 is 2.25 bits per heavy atom. The summed E-state index contributed by atoms with van der Waals surface area (Å²) in [6.07, 6.45) is 2.23. The van der Waals surface area contributed by atoms with Gasteiger partial charge in [0.1, 0.15) is 10.7 Å². The van der Waals surface area contributed by atoms with E-state index in [0.29, 0.717) is 6.04 Å². The van der Waals surface area contributed by atoms with Crippen LogP contribution < -0.4 is 10.2 Å². The van der Waals surface area contributed by atoms with E-state index >= 15 is 0 Å². The Balaban J connectivity index is 1.80. The number of para-hydroxylation sites is 1. The van der Waals surface area contributed by atoms with E-state index in [0.717, 1.165) is 36.6 Å². The molecule has 1 aliphatic rings. The van der Waals surface area contributed by atoms with Crippen LogP contribution in [-0.4, -0.2) is 22.2 Å². The Kier molecular flexibility index (Phi) is 3.87. The van der Waals surface area contributed by atoms with Gasteiger partial charge in [-0.25, -0.2) is 0 Å². The van der Waals surface area contributed by atoms with E-state index in [2.05, 4.69) is 57.9 Å². The Morgan fingerprint density at radius 3 is 3.10 bits per heavy atom. The molecule has 0 saturated carbocycles. The number of benzene rings is 1. The van der Waals surface area contributed by atoms with Gasteiger partial charge in [-0.15, -0.1) is 5.10 Å². The third kappa shape index (κ3) is 2.50. The van der Waals surface area contributed by atoms with Crippen LogP contribution in [0.15, 0.2) is 24.3 Å². The number of fused-ring (bicyclic) bond motifs is 1. The van der Waals surface area contributed by atoms with Crippen LogP contribution in [0.4, 0.5) is 10.7 Å². The van der Waals surface area contributed by atoms with Crippen molar-refractivity contribution < 1.29 is 0 Å². The highest BCUT2D eigenvalue weighted by Gasteiger charge is 2.26. The van der Waals surface area contributed by atoms with Gasteiger partial charge in [0.2, 0.25) is 0 Å². The lowest BCUT2D eigenvalue weighted by Gasteiger charge is -2.24. The summed E-state index contributed by atoms with van der Waals surface area (Å²) in [5, 5.41) is 8.84. The van der Waals surface area contributed by atoms with Crippen LogP contribution >= 0.6 is 11.5 Å². The van der Waals surface area contributed by atoms with Crippen molar-refractivity contribution in [2.75, 3.05) is 16.8 Å². The minimum atomic E-state index is 0.521.